The van der Waals surface area contributed by atoms with E-state index in [1.165, 1.54) is 58.5 Å². The number of esters is 1. The fourth-order valence-corrected chi connectivity index (χ4v) is 1.38. The second kappa shape index (κ2) is 15.2. The van der Waals surface area contributed by atoms with E-state index in [4.69, 9.17) is 0 Å². The predicted octanol–water partition coefficient (Wildman–Crippen LogP) is 4.88. The van der Waals surface area contributed by atoms with Crippen molar-refractivity contribution < 1.29 is 9.53 Å². The second-order valence-corrected chi connectivity index (χ2v) is 4.39. The summed E-state index contributed by atoms with van der Waals surface area (Å²) in [5.41, 5.74) is 0.433. The fraction of sp³-hybridized carbons (Fsp3) is 0.800. The molecule has 0 atom stereocenters. The Morgan fingerprint density at radius 2 is 1.29 bits per heavy atom. The van der Waals surface area contributed by atoms with Gasteiger partial charge < -0.3 is 4.74 Å². The summed E-state index contributed by atoms with van der Waals surface area (Å²) in [7, 11) is 1.33. The molecule has 0 spiro atoms. The minimum atomic E-state index is -0.347. The lowest BCUT2D eigenvalue weighted by Gasteiger charge is -1.97. The molecule has 0 aliphatic carbocycles. The Morgan fingerprint density at radius 1 is 0.941 bits per heavy atom. The van der Waals surface area contributed by atoms with Crippen LogP contribution in [0.4, 0.5) is 0 Å². The van der Waals surface area contributed by atoms with Crippen molar-refractivity contribution in [1.82, 2.24) is 0 Å². The summed E-state index contributed by atoms with van der Waals surface area (Å²) in [4.78, 5) is 10.2. The first-order valence-corrected chi connectivity index (χ1v) is 6.83. The van der Waals surface area contributed by atoms with E-state index in [1.807, 2.05) is 0 Å². The molecule has 0 fully saturated rings. The van der Waals surface area contributed by atoms with E-state index in [0.717, 1.165) is 0 Å². The van der Waals surface area contributed by atoms with Gasteiger partial charge in [-0.3, -0.25) is 0 Å². The molecule has 0 saturated carbocycles. The first kappa shape index (κ1) is 18.6. The number of ether oxygens (including phenoxy) is 1. The van der Waals surface area contributed by atoms with Crippen LogP contribution in [0.5, 0.6) is 0 Å². The monoisotopic (exact) mass is 242 g/mol. The van der Waals surface area contributed by atoms with Crippen LogP contribution in [0.3, 0.4) is 0 Å². The summed E-state index contributed by atoms with van der Waals surface area (Å²) in [6.45, 7) is 9.49. The van der Waals surface area contributed by atoms with Crippen LogP contribution in [0.25, 0.3) is 0 Å². The molecule has 0 aromatic rings. The van der Waals surface area contributed by atoms with Gasteiger partial charge in [-0.2, -0.15) is 0 Å². The van der Waals surface area contributed by atoms with Gasteiger partial charge >= 0.3 is 5.97 Å². The topological polar surface area (TPSA) is 26.3 Å². The SMILES string of the molecule is C=C(C)C(=O)OC.CCCCCCCCCC. The summed E-state index contributed by atoms with van der Waals surface area (Å²) < 4.78 is 4.27. The Morgan fingerprint density at radius 3 is 1.47 bits per heavy atom. The van der Waals surface area contributed by atoms with Gasteiger partial charge in [0.05, 0.1) is 7.11 Å². The van der Waals surface area contributed by atoms with Crippen LogP contribution in [-0.4, -0.2) is 13.1 Å². The number of rotatable bonds is 8. The van der Waals surface area contributed by atoms with E-state index in [-0.39, 0.29) is 5.97 Å². The zero-order valence-corrected chi connectivity index (χ0v) is 12.2. The quantitative estimate of drug-likeness (QED) is 0.344. The molecule has 0 unspecified atom stereocenters. The summed E-state index contributed by atoms with van der Waals surface area (Å²) in [6.07, 6.45) is 11.5. The molecule has 0 radical (unpaired) electrons. The molecule has 2 nitrogen and oxygen atoms in total. The van der Waals surface area contributed by atoms with Gasteiger partial charge in [0.2, 0.25) is 0 Å². The fourth-order valence-electron chi connectivity index (χ4n) is 1.38. The zero-order valence-electron chi connectivity index (χ0n) is 12.2. The normalized spacial score (nSPS) is 9.18. The van der Waals surface area contributed by atoms with Gasteiger partial charge in [0, 0.05) is 5.57 Å². The van der Waals surface area contributed by atoms with Gasteiger partial charge in [0.15, 0.2) is 0 Å². The average Bonchev–Trinajstić information content (AvgIpc) is 2.33. The highest BCUT2D eigenvalue weighted by molar-refractivity contribution is 5.86. The molecule has 0 N–H and O–H groups in total. The molecule has 0 bridgehead atoms. The zero-order chi connectivity index (χ0) is 13.5. The maximum Gasteiger partial charge on any atom is 0.332 e. The van der Waals surface area contributed by atoms with Gasteiger partial charge in [-0.05, 0) is 6.92 Å². The van der Waals surface area contributed by atoms with Crippen LogP contribution in [0.1, 0.15) is 72.1 Å². The van der Waals surface area contributed by atoms with Crippen LogP contribution < -0.4 is 0 Å². The van der Waals surface area contributed by atoms with E-state index in [1.54, 1.807) is 6.92 Å². The molecule has 0 rings (SSSR count). The third-order valence-electron chi connectivity index (χ3n) is 2.49. The predicted molar refractivity (Wildman–Crippen MR) is 75.1 cm³/mol. The van der Waals surface area contributed by atoms with Gasteiger partial charge in [-0.1, -0.05) is 71.8 Å². The third-order valence-corrected chi connectivity index (χ3v) is 2.49. The first-order chi connectivity index (χ1) is 8.09. The highest BCUT2D eigenvalue weighted by Crippen LogP contribution is 2.07. The number of hydrogen-bond donors (Lipinski definition) is 0. The Kier molecular flexibility index (Phi) is 16.6. The van der Waals surface area contributed by atoms with Crippen molar-refractivity contribution in [3.05, 3.63) is 12.2 Å². The molecule has 0 saturated heterocycles. The Labute approximate surface area is 107 Å². The molecule has 0 aliphatic heterocycles. The summed E-state index contributed by atoms with van der Waals surface area (Å²) >= 11 is 0. The first-order valence-electron chi connectivity index (χ1n) is 6.83. The number of hydrogen-bond acceptors (Lipinski definition) is 2. The van der Waals surface area contributed by atoms with Crippen LogP contribution in [-0.2, 0) is 9.53 Å². The Hall–Kier alpha value is -0.790. The van der Waals surface area contributed by atoms with E-state index in [0.29, 0.717) is 5.57 Å². The van der Waals surface area contributed by atoms with Crippen molar-refractivity contribution in [2.75, 3.05) is 7.11 Å². The Balaban J connectivity index is 0. The smallest absolute Gasteiger partial charge is 0.332 e. The van der Waals surface area contributed by atoms with Crippen molar-refractivity contribution >= 4 is 5.97 Å². The highest BCUT2D eigenvalue weighted by atomic mass is 16.5. The van der Waals surface area contributed by atoms with Gasteiger partial charge in [0.25, 0.3) is 0 Å². The summed E-state index contributed by atoms with van der Waals surface area (Å²) in [6, 6.07) is 0. The van der Waals surface area contributed by atoms with Crippen molar-refractivity contribution in [3.8, 4) is 0 Å². The summed E-state index contributed by atoms with van der Waals surface area (Å²) in [5, 5.41) is 0. The van der Waals surface area contributed by atoms with Crippen LogP contribution in [0.15, 0.2) is 12.2 Å². The van der Waals surface area contributed by atoms with Gasteiger partial charge in [-0.25, -0.2) is 4.79 Å². The maximum absolute atomic E-state index is 10.2. The van der Waals surface area contributed by atoms with Gasteiger partial charge in [-0.15, -0.1) is 0 Å². The Bertz CT molecular complexity index is 177. The molecule has 17 heavy (non-hydrogen) atoms. The van der Waals surface area contributed by atoms with E-state index in [9.17, 15) is 4.79 Å². The number of unbranched alkanes of at least 4 members (excludes halogenated alkanes) is 7. The third kappa shape index (κ3) is 17.8. The molecule has 0 aliphatic rings. The second-order valence-electron chi connectivity index (χ2n) is 4.39. The van der Waals surface area contributed by atoms with Gasteiger partial charge in [0.1, 0.15) is 0 Å². The van der Waals surface area contributed by atoms with Crippen molar-refractivity contribution in [2.24, 2.45) is 0 Å². The largest absolute Gasteiger partial charge is 0.466 e. The molecular formula is C15H30O2. The van der Waals surface area contributed by atoms with E-state index < -0.39 is 0 Å². The molecule has 0 amide bonds. The molecule has 0 aromatic carbocycles. The standard InChI is InChI=1S/C10H22.C5H8O2/c1-3-5-7-9-10-8-6-4-2;1-4(2)5(6)7-3/h3-10H2,1-2H3;1H2,2-3H3. The molecular weight excluding hydrogens is 212 g/mol. The van der Waals surface area contributed by atoms with E-state index >= 15 is 0 Å². The minimum absolute atomic E-state index is 0.347. The lowest BCUT2D eigenvalue weighted by Crippen LogP contribution is -1.98. The molecule has 0 heterocycles. The van der Waals surface area contributed by atoms with Crippen molar-refractivity contribution in [2.45, 2.75) is 72.1 Å². The van der Waals surface area contributed by atoms with Crippen LogP contribution in [0, 0.1) is 0 Å². The van der Waals surface area contributed by atoms with Crippen molar-refractivity contribution in [1.29, 1.82) is 0 Å². The lowest BCUT2D eigenvalue weighted by molar-refractivity contribution is -0.136. The van der Waals surface area contributed by atoms with Crippen LogP contribution in [0.2, 0.25) is 0 Å². The average molecular weight is 242 g/mol. The number of carbonyl (C=O) groups is 1. The van der Waals surface area contributed by atoms with E-state index in [2.05, 4.69) is 25.2 Å². The maximum atomic E-state index is 10.2. The summed E-state index contributed by atoms with van der Waals surface area (Å²) in [5.74, 6) is -0.347. The van der Waals surface area contributed by atoms with Crippen molar-refractivity contribution in [3.63, 3.8) is 0 Å². The number of carbonyl (C=O) groups excluding carboxylic acids is 1. The molecule has 0 aromatic heterocycles. The molecule has 2 heteroatoms. The minimum Gasteiger partial charge on any atom is -0.466 e. The molecule has 102 valence electrons. The highest BCUT2D eigenvalue weighted by Gasteiger charge is 1.95. The number of methoxy groups -OCH3 is 1. The lowest BCUT2D eigenvalue weighted by atomic mass is 10.1. The van der Waals surface area contributed by atoms with Crippen LogP contribution >= 0.6 is 0 Å².